The average molecular weight is 386 g/mol. The van der Waals surface area contributed by atoms with Crippen LogP contribution in [-0.4, -0.2) is 44.7 Å². The molecule has 2 aromatic carbocycles. The largest absolute Gasteiger partial charge is 0.513 e. The number of carbonyl (C=O) groups excluding carboxylic acids is 2. The molecule has 1 heterocycles. The van der Waals surface area contributed by atoms with Gasteiger partial charge in [-0.3, -0.25) is 0 Å². The third-order valence-electron chi connectivity index (χ3n) is 4.70. The SMILES string of the molecule is C=C(OC(=O)OC)[C@@H](OC(=O)c1cc(OC)cc2c(C)cccc12)[C@]1(C)CO1. The Morgan fingerprint density at radius 3 is 2.54 bits per heavy atom. The third kappa shape index (κ3) is 3.80. The van der Waals surface area contributed by atoms with Crippen LogP contribution in [0.3, 0.4) is 0 Å². The van der Waals surface area contributed by atoms with Gasteiger partial charge in [0, 0.05) is 0 Å². The molecule has 0 radical (unpaired) electrons. The fourth-order valence-corrected chi connectivity index (χ4v) is 2.97. The second-order valence-electron chi connectivity index (χ2n) is 6.75. The molecular formula is C21H22O7. The molecule has 0 spiro atoms. The Morgan fingerprint density at radius 1 is 1.21 bits per heavy atom. The second kappa shape index (κ2) is 7.52. The highest BCUT2D eigenvalue weighted by molar-refractivity contribution is 6.06. The normalized spacial score (nSPS) is 18.9. The molecule has 1 fully saturated rings. The van der Waals surface area contributed by atoms with Crippen molar-refractivity contribution in [3.05, 3.63) is 53.8 Å². The summed E-state index contributed by atoms with van der Waals surface area (Å²) in [6.45, 7) is 7.73. The van der Waals surface area contributed by atoms with Crippen LogP contribution in [0.5, 0.6) is 5.75 Å². The highest BCUT2D eigenvalue weighted by atomic mass is 16.7. The first-order chi connectivity index (χ1) is 13.3. The summed E-state index contributed by atoms with van der Waals surface area (Å²) in [7, 11) is 2.71. The molecule has 0 aromatic heterocycles. The van der Waals surface area contributed by atoms with E-state index in [0.29, 0.717) is 17.9 Å². The number of aryl methyl sites for hydroxylation is 1. The molecular weight excluding hydrogens is 364 g/mol. The van der Waals surface area contributed by atoms with Crippen LogP contribution in [0.25, 0.3) is 10.8 Å². The van der Waals surface area contributed by atoms with Gasteiger partial charge in [-0.25, -0.2) is 9.59 Å². The van der Waals surface area contributed by atoms with Crippen molar-refractivity contribution in [3.63, 3.8) is 0 Å². The third-order valence-corrected chi connectivity index (χ3v) is 4.70. The average Bonchev–Trinajstić information content (AvgIpc) is 3.43. The summed E-state index contributed by atoms with van der Waals surface area (Å²) >= 11 is 0. The quantitative estimate of drug-likeness (QED) is 0.424. The number of rotatable bonds is 6. The van der Waals surface area contributed by atoms with Crippen molar-refractivity contribution in [1.82, 2.24) is 0 Å². The molecule has 7 heteroatoms. The molecule has 1 aliphatic rings. The lowest BCUT2D eigenvalue weighted by atomic mass is 9.99. The lowest BCUT2D eigenvalue weighted by Gasteiger charge is -2.23. The van der Waals surface area contributed by atoms with Crippen molar-refractivity contribution in [3.8, 4) is 5.75 Å². The van der Waals surface area contributed by atoms with E-state index in [1.54, 1.807) is 13.0 Å². The first-order valence-electron chi connectivity index (χ1n) is 8.66. The smallest absolute Gasteiger partial charge is 0.497 e. The molecule has 1 aliphatic heterocycles. The number of methoxy groups -OCH3 is 2. The number of fused-ring (bicyclic) bond motifs is 1. The molecule has 7 nitrogen and oxygen atoms in total. The number of ether oxygens (including phenoxy) is 5. The minimum atomic E-state index is -0.981. The summed E-state index contributed by atoms with van der Waals surface area (Å²) in [4.78, 5) is 24.5. The van der Waals surface area contributed by atoms with Crippen molar-refractivity contribution in [2.75, 3.05) is 20.8 Å². The minimum Gasteiger partial charge on any atom is -0.497 e. The highest BCUT2D eigenvalue weighted by Crippen LogP contribution is 2.37. The van der Waals surface area contributed by atoms with Crippen LogP contribution in [0.4, 0.5) is 4.79 Å². The zero-order valence-corrected chi connectivity index (χ0v) is 16.2. The molecule has 2 atom stereocenters. The van der Waals surface area contributed by atoms with Crippen LogP contribution >= 0.6 is 0 Å². The number of epoxide rings is 1. The molecule has 1 saturated heterocycles. The topological polar surface area (TPSA) is 83.6 Å². The summed E-state index contributed by atoms with van der Waals surface area (Å²) < 4.78 is 25.8. The van der Waals surface area contributed by atoms with E-state index in [0.717, 1.165) is 16.3 Å². The minimum absolute atomic E-state index is 0.0661. The van der Waals surface area contributed by atoms with E-state index >= 15 is 0 Å². The van der Waals surface area contributed by atoms with Crippen molar-refractivity contribution in [2.24, 2.45) is 0 Å². The predicted octanol–water partition coefficient (Wildman–Crippen LogP) is 3.77. The molecule has 0 amide bonds. The van der Waals surface area contributed by atoms with Gasteiger partial charge >= 0.3 is 12.1 Å². The fraction of sp³-hybridized carbons (Fsp3) is 0.333. The van der Waals surface area contributed by atoms with Crippen molar-refractivity contribution >= 4 is 22.9 Å². The maximum Gasteiger partial charge on any atom is 0.513 e. The maximum absolute atomic E-state index is 13.0. The first kappa shape index (κ1) is 19.7. The Balaban J connectivity index is 1.95. The standard InChI is InChI=1S/C21H22O7/c1-12-7-6-8-15-16(12)9-14(24-4)10-17(15)19(22)28-18(21(3)11-26-21)13(2)27-20(23)25-5/h6-10,18H,2,11H2,1,3-5H3/t18-,21+/m1/s1. The summed E-state index contributed by atoms with van der Waals surface area (Å²) in [5.41, 5.74) is 0.516. The van der Waals surface area contributed by atoms with Gasteiger partial charge in [0.1, 0.15) is 17.1 Å². The lowest BCUT2D eigenvalue weighted by Crippen LogP contribution is -2.35. The van der Waals surface area contributed by atoms with E-state index in [4.69, 9.17) is 18.9 Å². The predicted molar refractivity (Wildman–Crippen MR) is 101 cm³/mol. The van der Waals surface area contributed by atoms with Gasteiger partial charge in [0.2, 0.25) is 0 Å². The van der Waals surface area contributed by atoms with E-state index in [9.17, 15) is 9.59 Å². The number of hydrogen-bond donors (Lipinski definition) is 0. The molecule has 0 N–H and O–H groups in total. The van der Waals surface area contributed by atoms with Crippen molar-refractivity contribution in [1.29, 1.82) is 0 Å². The zero-order valence-electron chi connectivity index (χ0n) is 16.2. The van der Waals surface area contributed by atoms with E-state index in [1.165, 1.54) is 14.2 Å². The molecule has 2 aromatic rings. The Kier molecular flexibility index (Phi) is 5.29. The number of carbonyl (C=O) groups is 2. The zero-order chi connectivity index (χ0) is 20.5. The van der Waals surface area contributed by atoms with Crippen LogP contribution in [0, 0.1) is 6.92 Å². The van der Waals surface area contributed by atoms with E-state index < -0.39 is 23.8 Å². The summed E-state index contributed by atoms with van der Waals surface area (Å²) in [5, 5.41) is 1.61. The molecule has 3 rings (SSSR count). The summed E-state index contributed by atoms with van der Waals surface area (Å²) in [6, 6.07) is 9.13. The Bertz CT molecular complexity index is 943. The van der Waals surface area contributed by atoms with Crippen LogP contribution in [0.15, 0.2) is 42.7 Å². The molecule has 0 unspecified atom stereocenters. The second-order valence-corrected chi connectivity index (χ2v) is 6.75. The van der Waals surface area contributed by atoms with Crippen LogP contribution in [-0.2, 0) is 18.9 Å². The van der Waals surface area contributed by atoms with Gasteiger partial charge in [0.15, 0.2) is 6.10 Å². The first-order valence-corrected chi connectivity index (χ1v) is 8.66. The van der Waals surface area contributed by atoms with E-state index in [-0.39, 0.29) is 5.76 Å². The van der Waals surface area contributed by atoms with Crippen LogP contribution in [0.2, 0.25) is 0 Å². The summed E-state index contributed by atoms with van der Waals surface area (Å²) in [5.74, 6) is -0.141. The number of esters is 1. The Morgan fingerprint density at radius 2 is 1.93 bits per heavy atom. The molecule has 0 aliphatic carbocycles. The van der Waals surface area contributed by atoms with E-state index in [1.807, 2.05) is 31.2 Å². The maximum atomic E-state index is 13.0. The summed E-state index contributed by atoms with van der Waals surface area (Å²) in [6.07, 6.45) is -1.93. The molecule has 148 valence electrons. The number of benzene rings is 2. The molecule has 0 saturated carbocycles. The van der Waals surface area contributed by atoms with Gasteiger partial charge in [-0.1, -0.05) is 24.8 Å². The number of hydrogen-bond acceptors (Lipinski definition) is 7. The Labute approximate surface area is 162 Å². The molecule has 0 bridgehead atoms. The monoisotopic (exact) mass is 386 g/mol. The van der Waals surface area contributed by atoms with Gasteiger partial charge < -0.3 is 23.7 Å². The van der Waals surface area contributed by atoms with Crippen LogP contribution < -0.4 is 4.74 Å². The molecule has 28 heavy (non-hydrogen) atoms. The van der Waals surface area contributed by atoms with Crippen molar-refractivity contribution in [2.45, 2.75) is 25.6 Å². The van der Waals surface area contributed by atoms with Gasteiger partial charge in [-0.05, 0) is 42.3 Å². The lowest BCUT2D eigenvalue weighted by molar-refractivity contribution is -0.000189. The Hall–Kier alpha value is -3.06. The van der Waals surface area contributed by atoms with Crippen LogP contribution in [0.1, 0.15) is 22.8 Å². The van der Waals surface area contributed by atoms with Gasteiger partial charge in [-0.2, -0.15) is 0 Å². The highest BCUT2D eigenvalue weighted by Gasteiger charge is 2.52. The van der Waals surface area contributed by atoms with Crippen molar-refractivity contribution < 1.29 is 33.3 Å². The fourth-order valence-electron chi connectivity index (χ4n) is 2.97. The van der Waals surface area contributed by atoms with Gasteiger partial charge in [0.25, 0.3) is 0 Å². The van der Waals surface area contributed by atoms with Gasteiger partial charge in [-0.15, -0.1) is 0 Å². The van der Waals surface area contributed by atoms with Gasteiger partial charge in [0.05, 0.1) is 26.4 Å². The van der Waals surface area contributed by atoms with E-state index in [2.05, 4.69) is 11.3 Å².